The Morgan fingerprint density at radius 3 is 2.46 bits per heavy atom. The van der Waals surface area contributed by atoms with E-state index in [-0.39, 0.29) is 18.4 Å². The van der Waals surface area contributed by atoms with Crippen LogP contribution in [-0.4, -0.2) is 25.5 Å². The van der Waals surface area contributed by atoms with Gasteiger partial charge in [0.15, 0.2) is 0 Å². The van der Waals surface area contributed by atoms with Crippen LogP contribution >= 0.6 is 11.6 Å². The predicted molar refractivity (Wildman–Crippen MR) is 94.3 cm³/mol. The summed E-state index contributed by atoms with van der Waals surface area (Å²) in [6.45, 7) is 1.74. The quantitative estimate of drug-likeness (QED) is 0.874. The summed E-state index contributed by atoms with van der Waals surface area (Å²) >= 11 is 6.09. The van der Waals surface area contributed by atoms with Crippen molar-refractivity contribution in [3.05, 3.63) is 59.1 Å². The standard InChI is InChI=1S/C18H19ClN2O3/c1-13(22)21(15-8-9-17(24-2)16(19)10-15)12-18(23)20-11-14-6-4-3-5-7-14/h3-10H,11-12H2,1-2H3,(H,20,23). The normalized spacial score (nSPS) is 10.1. The third kappa shape index (κ3) is 4.73. The van der Waals surface area contributed by atoms with Crippen molar-refractivity contribution in [1.29, 1.82) is 0 Å². The van der Waals surface area contributed by atoms with E-state index in [0.29, 0.717) is 23.0 Å². The number of hydrogen-bond acceptors (Lipinski definition) is 3. The van der Waals surface area contributed by atoms with Crippen molar-refractivity contribution in [3.8, 4) is 5.75 Å². The topological polar surface area (TPSA) is 58.6 Å². The minimum absolute atomic E-state index is 0.0785. The largest absolute Gasteiger partial charge is 0.495 e. The van der Waals surface area contributed by atoms with Crippen molar-refractivity contribution < 1.29 is 14.3 Å². The van der Waals surface area contributed by atoms with Gasteiger partial charge in [0.25, 0.3) is 0 Å². The number of anilines is 1. The first kappa shape index (κ1) is 17.8. The van der Waals surface area contributed by atoms with Crippen molar-refractivity contribution in [3.63, 3.8) is 0 Å². The lowest BCUT2D eigenvalue weighted by Crippen LogP contribution is -2.39. The summed E-state index contributed by atoms with van der Waals surface area (Å²) in [5, 5.41) is 3.18. The van der Waals surface area contributed by atoms with Crippen LogP contribution < -0.4 is 15.0 Å². The van der Waals surface area contributed by atoms with Crippen molar-refractivity contribution in [2.45, 2.75) is 13.5 Å². The number of carbonyl (C=O) groups is 2. The van der Waals surface area contributed by atoms with Crippen molar-refractivity contribution in [2.75, 3.05) is 18.6 Å². The summed E-state index contributed by atoms with van der Waals surface area (Å²) in [6, 6.07) is 14.5. The van der Waals surface area contributed by atoms with Gasteiger partial charge in [-0.25, -0.2) is 0 Å². The monoisotopic (exact) mass is 346 g/mol. The summed E-state index contributed by atoms with van der Waals surface area (Å²) in [7, 11) is 1.51. The first-order valence-electron chi connectivity index (χ1n) is 7.43. The maximum absolute atomic E-state index is 12.1. The third-order valence-corrected chi connectivity index (χ3v) is 3.76. The molecule has 24 heavy (non-hydrogen) atoms. The van der Waals surface area contributed by atoms with Gasteiger partial charge in [-0.15, -0.1) is 0 Å². The van der Waals surface area contributed by atoms with Gasteiger partial charge in [-0.3, -0.25) is 9.59 Å². The maximum atomic E-state index is 12.1. The molecule has 0 fully saturated rings. The smallest absolute Gasteiger partial charge is 0.240 e. The van der Waals surface area contributed by atoms with Gasteiger partial charge in [0.1, 0.15) is 12.3 Å². The molecule has 126 valence electrons. The Kier molecular flexibility index (Phi) is 6.21. The van der Waals surface area contributed by atoms with Crippen LogP contribution in [0.1, 0.15) is 12.5 Å². The fourth-order valence-corrected chi connectivity index (χ4v) is 2.46. The molecule has 0 saturated carbocycles. The van der Waals surface area contributed by atoms with E-state index in [1.165, 1.54) is 18.9 Å². The van der Waals surface area contributed by atoms with Gasteiger partial charge in [0.05, 0.1) is 12.1 Å². The number of ether oxygens (including phenoxy) is 1. The highest BCUT2D eigenvalue weighted by Crippen LogP contribution is 2.29. The van der Waals surface area contributed by atoms with Gasteiger partial charge in [-0.05, 0) is 23.8 Å². The van der Waals surface area contributed by atoms with E-state index in [4.69, 9.17) is 16.3 Å². The summed E-state index contributed by atoms with van der Waals surface area (Å²) in [5.74, 6) is 0.0181. The fraction of sp³-hybridized carbons (Fsp3) is 0.222. The van der Waals surface area contributed by atoms with E-state index in [2.05, 4.69) is 5.32 Å². The Bertz CT molecular complexity index is 719. The van der Waals surface area contributed by atoms with E-state index in [1.807, 2.05) is 30.3 Å². The number of halogens is 1. The lowest BCUT2D eigenvalue weighted by atomic mass is 10.2. The lowest BCUT2D eigenvalue weighted by molar-refractivity contribution is -0.123. The molecule has 5 nitrogen and oxygen atoms in total. The van der Waals surface area contributed by atoms with Gasteiger partial charge in [-0.1, -0.05) is 41.9 Å². The molecule has 0 aliphatic heterocycles. The highest BCUT2D eigenvalue weighted by Gasteiger charge is 2.17. The van der Waals surface area contributed by atoms with Gasteiger partial charge in [0.2, 0.25) is 11.8 Å². The van der Waals surface area contributed by atoms with E-state index >= 15 is 0 Å². The third-order valence-electron chi connectivity index (χ3n) is 3.46. The number of rotatable bonds is 6. The summed E-state index contributed by atoms with van der Waals surface area (Å²) in [5.41, 5.74) is 1.54. The molecular formula is C18H19ClN2O3. The summed E-state index contributed by atoms with van der Waals surface area (Å²) < 4.78 is 5.09. The number of carbonyl (C=O) groups excluding carboxylic acids is 2. The minimum atomic E-state index is -0.249. The first-order valence-corrected chi connectivity index (χ1v) is 7.81. The molecule has 0 aliphatic carbocycles. The van der Waals surface area contributed by atoms with Crippen molar-refractivity contribution >= 4 is 29.1 Å². The molecule has 0 saturated heterocycles. The Hall–Kier alpha value is -2.53. The van der Waals surface area contributed by atoms with Crippen LogP contribution in [0.25, 0.3) is 0 Å². The number of benzene rings is 2. The molecule has 0 unspecified atom stereocenters. The molecule has 2 aromatic rings. The molecule has 6 heteroatoms. The molecule has 0 spiro atoms. The molecule has 0 aliphatic rings. The second-order valence-corrected chi connectivity index (χ2v) is 5.59. The molecule has 0 atom stereocenters. The zero-order valence-electron chi connectivity index (χ0n) is 13.6. The number of amides is 2. The van der Waals surface area contributed by atoms with Gasteiger partial charge >= 0.3 is 0 Å². The minimum Gasteiger partial charge on any atom is -0.495 e. The van der Waals surface area contributed by atoms with Crippen molar-refractivity contribution in [2.24, 2.45) is 0 Å². The van der Waals surface area contributed by atoms with Crippen LogP contribution in [0.3, 0.4) is 0 Å². The Morgan fingerprint density at radius 2 is 1.88 bits per heavy atom. The Balaban J connectivity index is 2.04. The van der Waals surface area contributed by atoms with Crippen LogP contribution in [0.2, 0.25) is 5.02 Å². The Morgan fingerprint density at radius 1 is 1.17 bits per heavy atom. The van der Waals surface area contributed by atoms with E-state index < -0.39 is 0 Å². The zero-order chi connectivity index (χ0) is 17.5. The molecule has 2 amide bonds. The average molecular weight is 347 g/mol. The number of hydrogen-bond donors (Lipinski definition) is 1. The molecule has 2 aromatic carbocycles. The number of methoxy groups -OCH3 is 1. The van der Waals surface area contributed by atoms with E-state index in [0.717, 1.165) is 5.56 Å². The first-order chi connectivity index (χ1) is 11.5. The molecule has 0 radical (unpaired) electrons. The number of nitrogens with one attached hydrogen (secondary N) is 1. The van der Waals surface area contributed by atoms with E-state index in [9.17, 15) is 9.59 Å². The van der Waals surface area contributed by atoms with Crippen LogP contribution in [0.15, 0.2) is 48.5 Å². The van der Waals surface area contributed by atoms with Gasteiger partial charge < -0.3 is 15.0 Å². The SMILES string of the molecule is COc1ccc(N(CC(=O)NCc2ccccc2)C(C)=O)cc1Cl. The van der Waals surface area contributed by atoms with Crippen LogP contribution in [0.4, 0.5) is 5.69 Å². The van der Waals surface area contributed by atoms with Crippen LogP contribution in [-0.2, 0) is 16.1 Å². The molecule has 1 N–H and O–H groups in total. The second-order valence-electron chi connectivity index (χ2n) is 5.19. The van der Waals surface area contributed by atoms with E-state index in [1.54, 1.807) is 18.2 Å². The molecule has 0 aromatic heterocycles. The zero-order valence-corrected chi connectivity index (χ0v) is 14.3. The van der Waals surface area contributed by atoms with Crippen LogP contribution in [0.5, 0.6) is 5.75 Å². The molecule has 0 heterocycles. The lowest BCUT2D eigenvalue weighted by Gasteiger charge is -2.21. The highest BCUT2D eigenvalue weighted by molar-refractivity contribution is 6.32. The summed E-state index contributed by atoms with van der Waals surface area (Å²) in [6.07, 6.45) is 0. The molecule has 0 bridgehead atoms. The van der Waals surface area contributed by atoms with Gasteiger partial charge in [-0.2, -0.15) is 0 Å². The molecular weight excluding hydrogens is 328 g/mol. The van der Waals surface area contributed by atoms with Crippen molar-refractivity contribution in [1.82, 2.24) is 5.32 Å². The van der Waals surface area contributed by atoms with Gasteiger partial charge in [0, 0.05) is 19.2 Å². The Labute approximate surface area is 146 Å². The second kappa shape index (κ2) is 8.36. The highest BCUT2D eigenvalue weighted by atomic mass is 35.5. The number of nitrogens with zero attached hydrogens (tertiary/aromatic N) is 1. The predicted octanol–water partition coefficient (Wildman–Crippen LogP) is 3.02. The maximum Gasteiger partial charge on any atom is 0.240 e. The fourth-order valence-electron chi connectivity index (χ4n) is 2.20. The van der Waals surface area contributed by atoms with Crippen LogP contribution in [0, 0.1) is 0 Å². The average Bonchev–Trinajstić information content (AvgIpc) is 2.58. The molecule has 2 rings (SSSR count). The summed E-state index contributed by atoms with van der Waals surface area (Å²) in [4.78, 5) is 25.4.